The highest BCUT2D eigenvalue weighted by atomic mass is 16.3. The lowest BCUT2D eigenvalue weighted by Gasteiger charge is -2.37. The molecule has 1 heterocycles. The van der Waals surface area contributed by atoms with E-state index >= 15 is 0 Å². The topological polar surface area (TPSA) is 57.6 Å². The summed E-state index contributed by atoms with van der Waals surface area (Å²) in [6.45, 7) is 4.06. The number of likely N-dealkylation sites (tertiary alicyclic amines) is 1. The summed E-state index contributed by atoms with van der Waals surface area (Å²) in [5.74, 6) is -1.56. The number of allylic oxidation sites excluding steroid dienone is 3. The first-order chi connectivity index (χ1) is 12.1. The molecule has 3 atom stereocenters. The Hall–Kier alpha value is -2.46. The second-order valence-electron chi connectivity index (χ2n) is 6.95. The fraction of sp³-hybridized carbons (Fsp3) is 0.333. The van der Waals surface area contributed by atoms with E-state index in [9.17, 15) is 14.7 Å². The molecular formula is C21H21NO3. The summed E-state index contributed by atoms with van der Waals surface area (Å²) in [5.41, 5.74) is 0.755. The van der Waals surface area contributed by atoms with Gasteiger partial charge in [0.2, 0.25) is 0 Å². The number of rotatable bonds is 3. The fourth-order valence-corrected chi connectivity index (χ4v) is 4.51. The standard InChI is InChI=1S/C21H21NO3/c1-2-13-22-18-10-6-5-9-16(18)21(25,20(22)24)17-12-11-14-7-3-4-8-15(14)19(17)23/h2-8,10,16-17,25H,1,9,11-13H2/t16?,17-,21+/m0/s1. The third-order valence-corrected chi connectivity index (χ3v) is 5.71. The lowest BCUT2D eigenvalue weighted by atomic mass is 9.67. The van der Waals surface area contributed by atoms with E-state index in [1.807, 2.05) is 36.4 Å². The third-order valence-electron chi connectivity index (χ3n) is 5.71. The average molecular weight is 335 g/mol. The highest BCUT2D eigenvalue weighted by Gasteiger charge is 2.61. The first-order valence-electron chi connectivity index (χ1n) is 8.73. The minimum absolute atomic E-state index is 0.118. The van der Waals surface area contributed by atoms with E-state index in [4.69, 9.17) is 0 Å². The lowest BCUT2D eigenvalue weighted by molar-refractivity contribution is -0.149. The quantitative estimate of drug-likeness (QED) is 0.864. The predicted octanol–water partition coefficient (Wildman–Crippen LogP) is 2.65. The molecule has 0 bridgehead atoms. The largest absolute Gasteiger partial charge is 0.378 e. The van der Waals surface area contributed by atoms with Crippen molar-refractivity contribution < 1.29 is 14.7 Å². The molecule has 1 unspecified atom stereocenters. The molecule has 4 heteroatoms. The van der Waals surface area contributed by atoms with Crippen LogP contribution in [0.3, 0.4) is 0 Å². The normalized spacial score (nSPS) is 30.8. The number of aryl methyl sites for hydroxylation is 1. The van der Waals surface area contributed by atoms with Gasteiger partial charge in [-0.05, 0) is 30.9 Å². The van der Waals surface area contributed by atoms with Crippen LogP contribution in [0.1, 0.15) is 28.8 Å². The van der Waals surface area contributed by atoms with Gasteiger partial charge < -0.3 is 10.0 Å². The maximum absolute atomic E-state index is 13.1. The third kappa shape index (κ3) is 2.17. The Kier molecular flexibility index (Phi) is 3.73. The number of aliphatic hydroxyl groups is 1. The first kappa shape index (κ1) is 16.0. The number of fused-ring (bicyclic) bond motifs is 2. The molecule has 128 valence electrons. The van der Waals surface area contributed by atoms with Crippen molar-refractivity contribution in [2.24, 2.45) is 11.8 Å². The van der Waals surface area contributed by atoms with Crippen LogP contribution in [0.2, 0.25) is 0 Å². The summed E-state index contributed by atoms with van der Waals surface area (Å²) < 4.78 is 0. The van der Waals surface area contributed by atoms with Gasteiger partial charge in [-0.3, -0.25) is 9.59 Å². The number of ketones is 1. The summed E-state index contributed by atoms with van der Waals surface area (Å²) in [6, 6.07) is 7.49. The molecule has 1 saturated heterocycles. The van der Waals surface area contributed by atoms with E-state index in [-0.39, 0.29) is 17.6 Å². The molecule has 0 aromatic heterocycles. The summed E-state index contributed by atoms with van der Waals surface area (Å²) in [4.78, 5) is 27.8. The van der Waals surface area contributed by atoms with Gasteiger partial charge in [0.15, 0.2) is 11.4 Å². The maximum atomic E-state index is 13.1. The Balaban J connectivity index is 1.78. The summed E-state index contributed by atoms with van der Waals surface area (Å²) >= 11 is 0. The summed E-state index contributed by atoms with van der Waals surface area (Å²) in [5, 5.41) is 11.6. The number of carbonyl (C=O) groups excluding carboxylic acids is 2. The molecule has 1 amide bonds. The van der Waals surface area contributed by atoms with Crippen molar-refractivity contribution in [3.8, 4) is 0 Å². The van der Waals surface area contributed by atoms with Crippen LogP contribution >= 0.6 is 0 Å². The zero-order valence-corrected chi connectivity index (χ0v) is 14.0. The van der Waals surface area contributed by atoms with Crippen LogP contribution in [0.5, 0.6) is 0 Å². The SMILES string of the molecule is C=CCN1C(=O)[C@](O)([C@H]2CCc3ccccc3C2=O)C2CC=CC=C21. The molecule has 4 nitrogen and oxygen atoms in total. The molecule has 1 fully saturated rings. The summed E-state index contributed by atoms with van der Waals surface area (Å²) in [7, 11) is 0. The number of nitrogens with zero attached hydrogens (tertiary/aromatic N) is 1. The molecule has 1 aromatic rings. The minimum Gasteiger partial charge on any atom is -0.378 e. The second kappa shape index (κ2) is 5.81. The Bertz CT molecular complexity index is 822. The highest BCUT2D eigenvalue weighted by Crippen LogP contribution is 2.48. The van der Waals surface area contributed by atoms with Crippen molar-refractivity contribution in [3.63, 3.8) is 0 Å². The molecule has 0 radical (unpaired) electrons. The van der Waals surface area contributed by atoms with Gasteiger partial charge in [0.05, 0.1) is 5.92 Å². The van der Waals surface area contributed by atoms with E-state index < -0.39 is 11.5 Å². The lowest BCUT2D eigenvalue weighted by Crippen LogP contribution is -2.53. The van der Waals surface area contributed by atoms with Crippen molar-refractivity contribution >= 4 is 11.7 Å². The highest BCUT2D eigenvalue weighted by molar-refractivity contribution is 6.06. The van der Waals surface area contributed by atoms with E-state index in [0.29, 0.717) is 31.4 Å². The smallest absolute Gasteiger partial charge is 0.260 e. The van der Waals surface area contributed by atoms with Crippen molar-refractivity contribution in [2.45, 2.75) is 24.9 Å². The zero-order valence-electron chi connectivity index (χ0n) is 14.0. The van der Waals surface area contributed by atoms with Gasteiger partial charge in [-0.15, -0.1) is 6.58 Å². The van der Waals surface area contributed by atoms with Gasteiger partial charge in [0, 0.05) is 23.7 Å². The van der Waals surface area contributed by atoms with E-state index in [0.717, 1.165) is 11.3 Å². The number of hydrogen-bond donors (Lipinski definition) is 1. The van der Waals surface area contributed by atoms with E-state index in [1.165, 1.54) is 0 Å². The second-order valence-corrected chi connectivity index (χ2v) is 6.95. The Morgan fingerprint density at radius 2 is 2.08 bits per heavy atom. The van der Waals surface area contributed by atoms with Crippen LogP contribution in [-0.2, 0) is 11.2 Å². The molecule has 1 aromatic carbocycles. The van der Waals surface area contributed by atoms with Gasteiger partial charge >= 0.3 is 0 Å². The van der Waals surface area contributed by atoms with Crippen LogP contribution in [0.25, 0.3) is 0 Å². The number of amides is 1. The van der Waals surface area contributed by atoms with Gasteiger partial charge in [-0.25, -0.2) is 0 Å². The number of hydrogen-bond acceptors (Lipinski definition) is 3. The number of Topliss-reactive ketones (excluding diaryl/α,β-unsaturated/α-hetero) is 1. The molecule has 2 aliphatic carbocycles. The molecule has 25 heavy (non-hydrogen) atoms. The molecule has 3 aliphatic rings. The van der Waals surface area contributed by atoms with Crippen molar-refractivity contribution in [1.82, 2.24) is 4.90 Å². The minimum atomic E-state index is -1.68. The molecular weight excluding hydrogens is 314 g/mol. The Morgan fingerprint density at radius 3 is 2.88 bits per heavy atom. The average Bonchev–Trinajstić information content (AvgIpc) is 2.85. The van der Waals surface area contributed by atoms with Gasteiger partial charge in [-0.1, -0.05) is 42.5 Å². The van der Waals surface area contributed by atoms with E-state index in [1.54, 1.807) is 17.0 Å². The van der Waals surface area contributed by atoms with Crippen molar-refractivity contribution in [2.75, 3.05) is 6.54 Å². The number of benzene rings is 1. The fourth-order valence-electron chi connectivity index (χ4n) is 4.51. The van der Waals surface area contributed by atoms with Crippen LogP contribution in [0.4, 0.5) is 0 Å². The molecule has 0 saturated carbocycles. The predicted molar refractivity (Wildman–Crippen MR) is 94.8 cm³/mol. The van der Waals surface area contributed by atoms with Gasteiger partial charge in [0.25, 0.3) is 5.91 Å². The van der Waals surface area contributed by atoms with Crippen LogP contribution in [0, 0.1) is 11.8 Å². The van der Waals surface area contributed by atoms with Crippen LogP contribution in [-0.4, -0.2) is 33.8 Å². The van der Waals surface area contributed by atoms with Crippen molar-refractivity contribution in [3.05, 3.63) is 72.0 Å². The van der Waals surface area contributed by atoms with Crippen molar-refractivity contribution in [1.29, 1.82) is 0 Å². The zero-order chi connectivity index (χ0) is 17.6. The molecule has 0 spiro atoms. The van der Waals surface area contributed by atoms with Crippen LogP contribution < -0.4 is 0 Å². The molecule has 1 N–H and O–H groups in total. The van der Waals surface area contributed by atoms with E-state index in [2.05, 4.69) is 6.58 Å². The Labute approximate surface area is 147 Å². The number of carbonyl (C=O) groups is 2. The summed E-state index contributed by atoms with van der Waals surface area (Å²) in [6.07, 6.45) is 9.13. The molecule has 4 rings (SSSR count). The monoisotopic (exact) mass is 335 g/mol. The van der Waals surface area contributed by atoms with Gasteiger partial charge in [0.1, 0.15) is 0 Å². The Morgan fingerprint density at radius 1 is 1.28 bits per heavy atom. The molecule has 1 aliphatic heterocycles. The van der Waals surface area contributed by atoms with Crippen LogP contribution in [0.15, 0.2) is 60.8 Å². The maximum Gasteiger partial charge on any atom is 0.260 e. The van der Waals surface area contributed by atoms with Gasteiger partial charge in [-0.2, -0.15) is 0 Å². The first-order valence-corrected chi connectivity index (χ1v) is 8.73.